The molecule has 1 N–H and O–H groups in total. The van der Waals surface area contributed by atoms with E-state index in [2.05, 4.69) is 32.3 Å². The molecule has 2 nitrogen and oxygen atoms in total. The molecule has 0 atom stereocenters. The van der Waals surface area contributed by atoms with Gasteiger partial charge in [0.15, 0.2) is 0 Å². The lowest BCUT2D eigenvalue weighted by Crippen LogP contribution is -2.27. The summed E-state index contributed by atoms with van der Waals surface area (Å²) in [6.07, 6.45) is 4.22. The van der Waals surface area contributed by atoms with Crippen molar-refractivity contribution in [1.82, 2.24) is 10.3 Å². The summed E-state index contributed by atoms with van der Waals surface area (Å²) in [7, 11) is 0. The van der Waals surface area contributed by atoms with E-state index in [0.29, 0.717) is 0 Å². The predicted molar refractivity (Wildman–Crippen MR) is 61.0 cm³/mol. The fourth-order valence-electron chi connectivity index (χ4n) is 1.65. The molecule has 0 radical (unpaired) electrons. The highest BCUT2D eigenvalue weighted by atomic mass is 79.9. The topological polar surface area (TPSA) is 24.9 Å². The first kappa shape index (κ1) is 10.1. The Bertz CT molecular complexity index is 297. The molecule has 14 heavy (non-hydrogen) atoms. The Kier molecular flexibility index (Phi) is 3.54. The zero-order chi connectivity index (χ0) is 9.80. The van der Waals surface area contributed by atoms with Crippen molar-refractivity contribution in [2.45, 2.75) is 25.8 Å². The first-order valence-electron chi connectivity index (χ1n) is 5.17. The van der Waals surface area contributed by atoms with E-state index in [1.165, 1.54) is 19.3 Å². The van der Waals surface area contributed by atoms with E-state index in [4.69, 9.17) is 0 Å². The third kappa shape index (κ3) is 2.79. The van der Waals surface area contributed by atoms with Crippen LogP contribution >= 0.6 is 15.9 Å². The van der Waals surface area contributed by atoms with Gasteiger partial charge in [0.2, 0.25) is 0 Å². The molecular weight excluding hydrogens is 240 g/mol. The highest BCUT2D eigenvalue weighted by Crippen LogP contribution is 2.25. The molecule has 1 fully saturated rings. The second kappa shape index (κ2) is 4.89. The number of nitrogens with zero attached hydrogens (tertiary/aromatic N) is 1. The Hall–Kier alpha value is -0.410. The van der Waals surface area contributed by atoms with Gasteiger partial charge in [0.1, 0.15) is 4.60 Å². The number of halogens is 1. The molecule has 0 spiro atoms. The molecule has 0 unspecified atom stereocenters. The van der Waals surface area contributed by atoms with Gasteiger partial charge < -0.3 is 5.32 Å². The van der Waals surface area contributed by atoms with Gasteiger partial charge in [0, 0.05) is 6.54 Å². The van der Waals surface area contributed by atoms with Gasteiger partial charge in [-0.25, -0.2) is 4.98 Å². The summed E-state index contributed by atoms with van der Waals surface area (Å²) in [6.45, 7) is 2.03. The second-order valence-corrected chi connectivity index (χ2v) is 4.69. The van der Waals surface area contributed by atoms with E-state index in [0.717, 1.165) is 29.3 Å². The summed E-state index contributed by atoms with van der Waals surface area (Å²) in [5.74, 6) is 0.919. The molecule has 1 aromatic rings. The normalized spacial score (nSPS) is 16.6. The van der Waals surface area contributed by atoms with Gasteiger partial charge in [-0.1, -0.05) is 12.5 Å². The number of hydrogen-bond acceptors (Lipinski definition) is 2. The SMILES string of the molecule is Brc1cccc(CNCC2CCC2)n1. The van der Waals surface area contributed by atoms with Crippen LogP contribution in [0.4, 0.5) is 0 Å². The van der Waals surface area contributed by atoms with Gasteiger partial charge in [-0.05, 0) is 53.4 Å². The van der Waals surface area contributed by atoms with Crippen molar-refractivity contribution in [2.24, 2.45) is 5.92 Å². The smallest absolute Gasteiger partial charge is 0.106 e. The van der Waals surface area contributed by atoms with Gasteiger partial charge in [-0.15, -0.1) is 0 Å². The Morgan fingerprint density at radius 1 is 1.43 bits per heavy atom. The number of nitrogens with one attached hydrogen (secondary N) is 1. The number of pyridine rings is 1. The average molecular weight is 255 g/mol. The molecule has 2 rings (SSSR count). The third-order valence-corrected chi connectivity index (χ3v) is 3.18. The van der Waals surface area contributed by atoms with E-state index in [1.54, 1.807) is 0 Å². The standard InChI is InChI=1S/C11H15BrN2/c12-11-6-2-5-10(14-11)8-13-7-9-3-1-4-9/h2,5-6,9,13H,1,3-4,7-8H2. The minimum Gasteiger partial charge on any atom is -0.311 e. The minimum absolute atomic E-state index is 0.885. The van der Waals surface area contributed by atoms with Crippen LogP contribution in [0.5, 0.6) is 0 Å². The summed E-state index contributed by atoms with van der Waals surface area (Å²) in [5.41, 5.74) is 1.11. The molecular formula is C11H15BrN2. The van der Waals surface area contributed by atoms with E-state index in [9.17, 15) is 0 Å². The van der Waals surface area contributed by atoms with Crippen LogP contribution in [-0.2, 0) is 6.54 Å². The van der Waals surface area contributed by atoms with Crippen molar-refractivity contribution >= 4 is 15.9 Å². The molecule has 76 valence electrons. The van der Waals surface area contributed by atoms with Crippen LogP contribution < -0.4 is 5.32 Å². The van der Waals surface area contributed by atoms with Crippen LogP contribution in [0, 0.1) is 5.92 Å². The van der Waals surface area contributed by atoms with Gasteiger partial charge in [-0.2, -0.15) is 0 Å². The zero-order valence-corrected chi connectivity index (χ0v) is 9.76. The molecule has 1 aliphatic carbocycles. The zero-order valence-electron chi connectivity index (χ0n) is 8.17. The Morgan fingerprint density at radius 3 is 2.93 bits per heavy atom. The van der Waals surface area contributed by atoms with Crippen LogP contribution in [0.2, 0.25) is 0 Å². The molecule has 1 heterocycles. The van der Waals surface area contributed by atoms with E-state index in [1.807, 2.05) is 12.1 Å². The predicted octanol–water partition coefficient (Wildman–Crippen LogP) is 2.73. The maximum absolute atomic E-state index is 4.37. The summed E-state index contributed by atoms with van der Waals surface area (Å²) in [4.78, 5) is 4.37. The van der Waals surface area contributed by atoms with Crippen molar-refractivity contribution in [3.8, 4) is 0 Å². The lowest BCUT2D eigenvalue weighted by atomic mass is 9.85. The van der Waals surface area contributed by atoms with Crippen molar-refractivity contribution in [3.05, 3.63) is 28.5 Å². The second-order valence-electron chi connectivity index (χ2n) is 3.88. The van der Waals surface area contributed by atoms with Crippen molar-refractivity contribution in [1.29, 1.82) is 0 Å². The molecule has 0 amide bonds. The lowest BCUT2D eigenvalue weighted by molar-refractivity contribution is 0.301. The lowest BCUT2D eigenvalue weighted by Gasteiger charge is -2.25. The molecule has 3 heteroatoms. The van der Waals surface area contributed by atoms with Crippen molar-refractivity contribution < 1.29 is 0 Å². The summed E-state index contributed by atoms with van der Waals surface area (Å²) in [6, 6.07) is 6.03. The van der Waals surface area contributed by atoms with Crippen LogP contribution in [0.3, 0.4) is 0 Å². The average Bonchev–Trinajstić information content (AvgIpc) is 2.09. The molecule has 1 aliphatic rings. The Balaban J connectivity index is 1.74. The monoisotopic (exact) mass is 254 g/mol. The van der Waals surface area contributed by atoms with Crippen LogP contribution in [-0.4, -0.2) is 11.5 Å². The summed E-state index contributed by atoms with van der Waals surface area (Å²) in [5, 5.41) is 3.45. The Morgan fingerprint density at radius 2 is 2.29 bits per heavy atom. The van der Waals surface area contributed by atoms with Gasteiger partial charge in [0.05, 0.1) is 5.69 Å². The summed E-state index contributed by atoms with van der Waals surface area (Å²) >= 11 is 3.37. The van der Waals surface area contributed by atoms with Gasteiger partial charge in [-0.3, -0.25) is 0 Å². The fourth-order valence-corrected chi connectivity index (χ4v) is 2.03. The maximum Gasteiger partial charge on any atom is 0.106 e. The van der Waals surface area contributed by atoms with Crippen molar-refractivity contribution in [2.75, 3.05) is 6.54 Å². The molecule has 0 aliphatic heterocycles. The summed E-state index contributed by atoms with van der Waals surface area (Å²) < 4.78 is 0.917. The fraction of sp³-hybridized carbons (Fsp3) is 0.545. The molecule has 1 saturated carbocycles. The quantitative estimate of drug-likeness (QED) is 0.837. The van der Waals surface area contributed by atoms with E-state index >= 15 is 0 Å². The molecule has 0 aromatic carbocycles. The highest BCUT2D eigenvalue weighted by Gasteiger charge is 2.16. The van der Waals surface area contributed by atoms with E-state index in [-0.39, 0.29) is 0 Å². The van der Waals surface area contributed by atoms with Crippen LogP contribution in [0.25, 0.3) is 0 Å². The molecule has 1 aromatic heterocycles. The highest BCUT2D eigenvalue weighted by molar-refractivity contribution is 9.10. The van der Waals surface area contributed by atoms with Crippen LogP contribution in [0.1, 0.15) is 25.0 Å². The molecule has 0 saturated heterocycles. The number of aromatic nitrogens is 1. The maximum atomic E-state index is 4.37. The number of hydrogen-bond donors (Lipinski definition) is 1. The van der Waals surface area contributed by atoms with Gasteiger partial charge in [0.25, 0.3) is 0 Å². The largest absolute Gasteiger partial charge is 0.311 e. The van der Waals surface area contributed by atoms with Gasteiger partial charge >= 0.3 is 0 Å². The van der Waals surface area contributed by atoms with Crippen LogP contribution in [0.15, 0.2) is 22.8 Å². The van der Waals surface area contributed by atoms with Crippen molar-refractivity contribution in [3.63, 3.8) is 0 Å². The van der Waals surface area contributed by atoms with E-state index < -0.39 is 0 Å². The molecule has 0 bridgehead atoms. The third-order valence-electron chi connectivity index (χ3n) is 2.74. The first-order chi connectivity index (χ1) is 6.84. The first-order valence-corrected chi connectivity index (χ1v) is 5.96. The Labute approximate surface area is 93.3 Å². The number of rotatable bonds is 4. The minimum atomic E-state index is 0.885.